The first kappa shape index (κ1) is 20.2. The SMILES string of the molecule is CC(C)CNC(=O)c1ccc(-c2nc(Nc3ccc4[nH]ncc4c3C3CC3)n(C)n2)cc1. The number of aromatic amines is 1. The molecular formula is C24H27N7O. The Morgan fingerprint density at radius 2 is 1.97 bits per heavy atom. The second-order valence-electron chi connectivity index (χ2n) is 8.82. The van der Waals surface area contributed by atoms with Gasteiger partial charge in [0.25, 0.3) is 5.91 Å². The molecule has 8 nitrogen and oxygen atoms in total. The van der Waals surface area contributed by atoms with E-state index in [9.17, 15) is 4.79 Å². The van der Waals surface area contributed by atoms with Crippen LogP contribution in [0.3, 0.4) is 0 Å². The molecule has 1 saturated carbocycles. The van der Waals surface area contributed by atoms with Gasteiger partial charge in [0.15, 0.2) is 5.82 Å². The molecule has 3 N–H and O–H groups in total. The topological polar surface area (TPSA) is 101 Å². The van der Waals surface area contributed by atoms with Crippen molar-refractivity contribution in [2.24, 2.45) is 13.0 Å². The molecule has 1 aliphatic carbocycles. The molecule has 4 aromatic rings. The molecule has 1 amide bonds. The number of nitrogens with one attached hydrogen (secondary N) is 3. The minimum Gasteiger partial charge on any atom is -0.352 e. The van der Waals surface area contributed by atoms with Gasteiger partial charge < -0.3 is 10.6 Å². The first-order valence-corrected chi connectivity index (χ1v) is 11.0. The van der Waals surface area contributed by atoms with E-state index >= 15 is 0 Å². The monoisotopic (exact) mass is 429 g/mol. The fraction of sp³-hybridized carbons (Fsp3) is 0.333. The maximum atomic E-state index is 12.3. The molecule has 0 bridgehead atoms. The molecule has 2 aromatic carbocycles. The van der Waals surface area contributed by atoms with Crippen molar-refractivity contribution in [1.29, 1.82) is 0 Å². The van der Waals surface area contributed by atoms with E-state index in [1.54, 1.807) is 4.68 Å². The van der Waals surface area contributed by atoms with Gasteiger partial charge in [0.1, 0.15) is 0 Å². The maximum Gasteiger partial charge on any atom is 0.251 e. The number of aryl methyl sites for hydroxylation is 1. The summed E-state index contributed by atoms with van der Waals surface area (Å²) in [7, 11) is 1.87. The zero-order valence-corrected chi connectivity index (χ0v) is 18.5. The number of fused-ring (bicyclic) bond motifs is 1. The fourth-order valence-electron chi connectivity index (χ4n) is 3.87. The highest BCUT2D eigenvalue weighted by Gasteiger charge is 2.29. The highest BCUT2D eigenvalue weighted by Crippen LogP contribution is 2.47. The largest absolute Gasteiger partial charge is 0.352 e. The van der Waals surface area contributed by atoms with Crippen molar-refractivity contribution in [2.45, 2.75) is 32.6 Å². The van der Waals surface area contributed by atoms with Crippen molar-refractivity contribution in [3.05, 3.63) is 53.7 Å². The summed E-state index contributed by atoms with van der Waals surface area (Å²) in [5, 5.41) is 19.4. The second kappa shape index (κ2) is 8.11. The minimum atomic E-state index is -0.0659. The molecule has 32 heavy (non-hydrogen) atoms. The molecule has 0 atom stereocenters. The third-order valence-corrected chi connectivity index (χ3v) is 5.74. The third-order valence-electron chi connectivity index (χ3n) is 5.74. The number of carbonyl (C=O) groups is 1. The first-order chi connectivity index (χ1) is 15.5. The molecule has 0 radical (unpaired) electrons. The van der Waals surface area contributed by atoms with Crippen LogP contribution in [0.2, 0.25) is 0 Å². The van der Waals surface area contributed by atoms with E-state index in [2.05, 4.69) is 45.8 Å². The molecule has 0 saturated heterocycles. The molecular weight excluding hydrogens is 402 g/mol. The lowest BCUT2D eigenvalue weighted by Gasteiger charge is -2.11. The van der Waals surface area contributed by atoms with Crippen LogP contribution in [0.4, 0.5) is 11.6 Å². The standard InChI is InChI=1S/C24H27N7O/c1-14(2)12-25-23(32)17-8-6-16(7-9-17)22-28-24(31(3)30-22)27-20-11-10-19-18(13-26-29-19)21(20)15-4-5-15/h6-11,13-15H,4-5,12H2,1-3H3,(H,25,32)(H,26,29)(H,27,28,30). The van der Waals surface area contributed by atoms with E-state index in [1.807, 2.05) is 43.6 Å². The number of hydrogen-bond acceptors (Lipinski definition) is 5. The van der Waals surface area contributed by atoms with E-state index < -0.39 is 0 Å². The van der Waals surface area contributed by atoms with Gasteiger partial charge in [0.05, 0.1) is 11.7 Å². The smallest absolute Gasteiger partial charge is 0.251 e. The predicted molar refractivity (Wildman–Crippen MR) is 125 cm³/mol. The predicted octanol–water partition coefficient (Wildman–Crippen LogP) is 4.37. The number of H-pyrrole nitrogens is 1. The molecule has 164 valence electrons. The average molecular weight is 430 g/mol. The highest BCUT2D eigenvalue weighted by atomic mass is 16.1. The van der Waals surface area contributed by atoms with E-state index in [0.717, 1.165) is 22.2 Å². The lowest BCUT2D eigenvalue weighted by atomic mass is 10.0. The van der Waals surface area contributed by atoms with E-state index in [4.69, 9.17) is 4.98 Å². The zero-order chi connectivity index (χ0) is 22.2. The molecule has 8 heteroatoms. The summed E-state index contributed by atoms with van der Waals surface area (Å²) in [6.07, 6.45) is 4.29. The number of aromatic nitrogens is 5. The van der Waals surface area contributed by atoms with Crippen molar-refractivity contribution >= 4 is 28.4 Å². The Kier molecular flexibility index (Phi) is 5.13. The van der Waals surface area contributed by atoms with Crippen LogP contribution in [0.1, 0.15) is 48.5 Å². The molecule has 5 rings (SSSR count). The number of hydrogen-bond donors (Lipinski definition) is 3. The summed E-state index contributed by atoms with van der Waals surface area (Å²) in [6, 6.07) is 11.5. The Labute approximate surface area is 186 Å². The number of amides is 1. The Bertz CT molecular complexity index is 1270. The van der Waals surface area contributed by atoms with E-state index in [0.29, 0.717) is 35.7 Å². The fourth-order valence-corrected chi connectivity index (χ4v) is 3.87. The number of nitrogens with zero attached hydrogens (tertiary/aromatic N) is 4. The number of anilines is 2. The van der Waals surface area contributed by atoms with Gasteiger partial charge in [-0.2, -0.15) is 10.1 Å². The molecule has 2 heterocycles. The molecule has 0 aliphatic heterocycles. The number of rotatable bonds is 7. The first-order valence-electron chi connectivity index (χ1n) is 11.0. The average Bonchev–Trinajstić information content (AvgIpc) is 3.39. The van der Waals surface area contributed by atoms with Gasteiger partial charge >= 0.3 is 0 Å². The third kappa shape index (κ3) is 3.95. The second-order valence-corrected chi connectivity index (χ2v) is 8.82. The summed E-state index contributed by atoms with van der Waals surface area (Å²) in [5.41, 5.74) is 4.87. The summed E-state index contributed by atoms with van der Waals surface area (Å²) in [6.45, 7) is 4.80. The lowest BCUT2D eigenvalue weighted by Crippen LogP contribution is -2.27. The van der Waals surface area contributed by atoms with Crippen LogP contribution in [0.5, 0.6) is 0 Å². The van der Waals surface area contributed by atoms with Gasteiger partial charge in [-0.15, -0.1) is 5.10 Å². The van der Waals surface area contributed by atoms with Crippen LogP contribution in [0, 0.1) is 5.92 Å². The number of carbonyl (C=O) groups excluding carboxylic acids is 1. The summed E-state index contributed by atoms with van der Waals surface area (Å²) in [4.78, 5) is 17.0. The lowest BCUT2D eigenvalue weighted by molar-refractivity contribution is 0.0949. The number of benzene rings is 2. The Morgan fingerprint density at radius 1 is 1.19 bits per heavy atom. The van der Waals surface area contributed by atoms with E-state index in [-0.39, 0.29) is 5.91 Å². The highest BCUT2D eigenvalue weighted by molar-refractivity contribution is 5.94. The van der Waals surface area contributed by atoms with Gasteiger partial charge in [0.2, 0.25) is 5.95 Å². The molecule has 2 aromatic heterocycles. The van der Waals surface area contributed by atoms with Gasteiger partial charge in [0, 0.05) is 35.8 Å². The molecule has 0 spiro atoms. The van der Waals surface area contributed by atoms with Crippen LogP contribution in [0.15, 0.2) is 42.6 Å². The van der Waals surface area contributed by atoms with Crippen molar-refractivity contribution in [1.82, 2.24) is 30.3 Å². The molecule has 0 unspecified atom stereocenters. The Balaban J connectivity index is 1.38. The van der Waals surface area contributed by atoms with Crippen molar-refractivity contribution in [2.75, 3.05) is 11.9 Å². The van der Waals surface area contributed by atoms with Crippen molar-refractivity contribution in [3.63, 3.8) is 0 Å². The molecule has 1 aliphatic rings. The van der Waals surface area contributed by atoms with Crippen LogP contribution in [-0.4, -0.2) is 37.4 Å². The summed E-state index contributed by atoms with van der Waals surface area (Å²) >= 11 is 0. The van der Waals surface area contributed by atoms with Crippen molar-refractivity contribution < 1.29 is 4.79 Å². The van der Waals surface area contributed by atoms with Crippen LogP contribution < -0.4 is 10.6 Å². The van der Waals surface area contributed by atoms with Crippen LogP contribution >= 0.6 is 0 Å². The normalized spacial score (nSPS) is 13.6. The maximum absolute atomic E-state index is 12.3. The van der Waals surface area contributed by atoms with Crippen molar-refractivity contribution in [3.8, 4) is 11.4 Å². The Morgan fingerprint density at radius 3 is 2.69 bits per heavy atom. The quantitative estimate of drug-likeness (QED) is 0.405. The van der Waals surface area contributed by atoms with Crippen LogP contribution in [-0.2, 0) is 7.05 Å². The zero-order valence-electron chi connectivity index (χ0n) is 18.5. The summed E-state index contributed by atoms with van der Waals surface area (Å²) in [5.74, 6) is 2.19. The molecule has 1 fully saturated rings. The van der Waals surface area contributed by atoms with Gasteiger partial charge in [-0.05, 0) is 54.5 Å². The Hall–Kier alpha value is -3.68. The summed E-state index contributed by atoms with van der Waals surface area (Å²) < 4.78 is 1.74. The van der Waals surface area contributed by atoms with E-state index in [1.165, 1.54) is 18.4 Å². The van der Waals surface area contributed by atoms with Gasteiger partial charge in [-0.3, -0.25) is 9.89 Å². The van der Waals surface area contributed by atoms with Crippen LogP contribution in [0.25, 0.3) is 22.3 Å². The van der Waals surface area contributed by atoms with Gasteiger partial charge in [-0.25, -0.2) is 4.68 Å². The minimum absolute atomic E-state index is 0.0659. The van der Waals surface area contributed by atoms with Gasteiger partial charge in [-0.1, -0.05) is 26.0 Å².